The predicted octanol–water partition coefficient (Wildman–Crippen LogP) is 2.37. The van der Waals surface area contributed by atoms with Crippen LogP contribution in [0.15, 0.2) is 11.4 Å². The third-order valence-electron chi connectivity index (χ3n) is 2.53. The molecule has 0 fully saturated rings. The van der Waals surface area contributed by atoms with E-state index in [2.05, 4.69) is 11.9 Å². The SMILES string of the molecule is COCCCN(C)C(CN)c1cc(Cl)cs1. The molecule has 0 aliphatic rings. The van der Waals surface area contributed by atoms with Crippen LogP contribution in [0.1, 0.15) is 17.3 Å². The fraction of sp³-hybridized carbons (Fsp3) is 0.636. The number of likely N-dealkylation sites (N-methyl/N-ethyl adjacent to an activating group) is 1. The van der Waals surface area contributed by atoms with Gasteiger partial charge in [-0.25, -0.2) is 0 Å². The molecule has 16 heavy (non-hydrogen) atoms. The number of ether oxygens (including phenoxy) is 1. The van der Waals surface area contributed by atoms with Crippen LogP contribution in [-0.4, -0.2) is 38.8 Å². The Balaban J connectivity index is 2.53. The van der Waals surface area contributed by atoms with E-state index in [0.29, 0.717) is 6.54 Å². The molecule has 3 nitrogen and oxygen atoms in total. The van der Waals surface area contributed by atoms with Crippen LogP contribution in [0.4, 0.5) is 0 Å². The molecule has 0 saturated heterocycles. The predicted molar refractivity (Wildman–Crippen MR) is 70.2 cm³/mol. The van der Waals surface area contributed by atoms with E-state index in [1.165, 1.54) is 4.88 Å². The van der Waals surface area contributed by atoms with Gasteiger partial charge in [0.25, 0.3) is 0 Å². The molecule has 1 unspecified atom stereocenters. The topological polar surface area (TPSA) is 38.5 Å². The third-order valence-corrected chi connectivity index (χ3v) is 3.91. The van der Waals surface area contributed by atoms with Gasteiger partial charge in [-0.1, -0.05) is 11.6 Å². The molecule has 1 aromatic heterocycles. The van der Waals surface area contributed by atoms with Crippen molar-refractivity contribution in [1.82, 2.24) is 4.90 Å². The maximum absolute atomic E-state index is 5.92. The van der Waals surface area contributed by atoms with Crippen molar-refractivity contribution >= 4 is 22.9 Å². The van der Waals surface area contributed by atoms with Gasteiger partial charge in [0, 0.05) is 37.1 Å². The molecular weight excluding hydrogens is 244 g/mol. The van der Waals surface area contributed by atoms with Crippen molar-refractivity contribution in [3.63, 3.8) is 0 Å². The van der Waals surface area contributed by atoms with Gasteiger partial charge in [-0.15, -0.1) is 11.3 Å². The molecule has 0 radical (unpaired) electrons. The van der Waals surface area contributed by atoms with Crippen molar-refractivity contribution < 1.29 is 4.74 Å². The zero-order valence-electron chi connectivity index (χ0n) is 9.78. The van der Waals surface area contributed by atoms with E-state index in [4.69, 9.17) is 22.1 Å². The van der Waals surface area contributed by atoms with E-state index in [9.17, 15) is 0 Å². The van der Waals surface area contributed by atoms with E-state index in [1.54, 1.807) is 18.4 Å². The summed E-state index contributed by atoms with van der Waals surface area (Å²) >= 11 is 7.59. The number of rotatable bonds is 7. The highest BCUT2D eigenvalue weighted by Crippen LogP contribution is 2.27. The van der Waals surface area contributed by atoms with Gasteiger partial charge in [-0.2, -0.15) is 0 Å². The Hall–Kier alpha value is -0.130. The summed E-state index contributed by atoms with van der Waals surface area (Å²) in [6.45, 7) is 2.37. The van der Waals surface area contributed by atoms with E-state index in [1.807, 2.05) is 11.4 Å². The van der Waals surface area contributed by atoms with Crippen LogP contribution in [0.2, 0.25) is 5.02 Å². The summed E-state index contributed by atoms with van der Waals surface area (Å²) in [6.07, 6.45) is 1.02. The number of methoxy groups -OCH3 is 1. The van der Waals surface area contributed by atoms with Crippen molar-refractivity contribution in [1.29, 1.82) is 0 Å². The van der Waals surface area contributed by atoms with Gasteiger partial charge in [-0.05, 0) is 19.5 Å². The van der Waals surface area contributed by atoms with E-state index >= 15 is 0 Å². The van der Waals surface area contributed by atoms with Crippen molar-refractivity contribution in [3.8, 4) is 0 Å². The number of thiophene rings is 1. The van der Waals surface area contributed by atoms with Gasteiger partial charge >= 0.3 is 0 Å². The molecule has 0 amide bonds. The Labute approximate surface area is 106 Å². The lowest BCUT2D eigenvalue weighted by molar-refractivity contribution is 0.167. The minimum absolute atomic E-state index is 0.259. The maximum Gasteiger partial charge on any atom is 0.0562 e. The largest absolute Gasteiger partial charge is 0.385 e. The Morgan fingerprint density at radius 2 is 2.38 bits per heavy atom. The molecule has 0 spiro atoms. The van der Waals surface area contributed by atoms with Gasteiger partial charge in [0.1, 0.15) is 0 Å². The molecule has 2 N–H and O–H groups in total. The van der Waals surface area contributed by atoms with E-state index in [0.717, 1.165) is 24.6 Å². The number of halogens is 1. The van der Waals surface area contributed by atoms with Crippen LogP contribution in [0.25, 0.3) is 0 Å². The molecule has 1 aromatic rings. The summed E-state index contributed by atoms with van der Waals surface area (Å²) in [4.78, 5) is 3.48. The number of nitrogens with zero attached hydrogens (tertiary/aromatic N) is 1. The minimum atomic E-state index is 0.259. The van der Waals surface area contributed by atoms with Gasteiger partial charge in [0.2, 0.25) is 0 Å². The molecule has 0 saturated carbocycles. The second-order valence-electron chi connectivity index (χ2n) is 3.75. The highest BCUT2D eigenvalue weighted by atomic mass is 35.5. The van der Waals surface area contributed by atoms with Gasteiger partial charge in [-0.3, -0.25) is 4.90 Å². The van der Waals surface area contributed by atoms with Crippen LogP contribution in [0.3, 0.4) is 0 Å². The van der Waals surface area contributed by atoms with Gasteiger partial charge < -0.3 is 10.5 Å². The number of hydrogen-bond donors (Lipinski definition) is 1. The smallest absolute Gasteiger partial charge is 0.0562 e. The summed E-state index contributed by atoms with van der Waals surface area (Å²) in [5.41, 5.74) is 5.81. The maximum atomic E-state index is 5.92. The molecule has 0 bridgehead atoms. The van der Waals surface area contributed by atoms with Crippen molar-refractivity contribution in [2.75, 3.05) is 33.9 Å². The lowest BCUT2D eigenvalue weighted by Gasteiger charge is -2.25. The quantitative estimate of drug-likeness (QED) is 0.767. The lowest BCUT2D eigenvalue weighted by atomic mass is 10.2. The van der Waals surface area contributed by atoms with E-state index < -0.39 is 0 Å². The van der Waals surface area contributed by atoms with Crippen molar-refractivity contribution in [2.24, 2.45) is 5.73 Å². The van der Waals surface area contributed by atoms with Crippen LogP contribution in [0.5, 0.6) is 0 Å². The molecule has 1 rings (SSSR count). The summed E-state index contributed by atoms with van der Waals surface area (Å²) in [5, 5.41) is 2.74. The molecule has 1 atom stereocenters. The van der Waals surface area contributed by atoms with Crippen LogP contribution in [-0.2, 0) is 4.74 Å². The first kappa shape index (κ1) is 13.9. The fourth-order valence-corrected chi connectivity index (χ4v) is 2.89. The Morgan fingerprint density at radius 1 is 1.62 bits per heavy atom. The van der Waals surface area contributed by atoms with Crippen LogP contribution >= 0.6 is 22.9 Å². The normalized spacial score (nSPS) is 13.3. The summed E-state index contributed by atoms with van der Waals surface area (Å²) in [7, 11) is 3.81. The second-order valence-corrected chi connectivity index (χ2v) is 5.12. The Morgan fingerprint density at radius 3 is 2.88 bits per heavy atom. The molecule has 92 valence electrons. The number of hydrogen-bond acceptors (Lipinski definition) is 4. The zero-order chi connectivity index (χ0) is 12.0. The lowest BCUT2D eigenvalue weighted by Crippen LogP contribution is -2.31. The standard InChI is InChI=1S/C11H19ClN2OS/c1-14(4-3-5-15-2)10(7-13)11-6-9(12)8-16-11/h6,8,10H,3-5,7,13H2,1-2H3. The Bertz CT molecular complexity index is 306. The Kier molecular flexibility index (Phi) is 6.31. The monoisotopic (exact) mass is 262 g/mol. The van der Waals surface area contributed by atoms with Crippen molar-refractivity contribution in [2.45, 2.75) is 12.5 Å². The average Bonchev–Trinajstić information content (AvgIpc) is 2.66. The minimum Gasteiger partial charge on any atom is -0.385 e. The molecule has 5 heteroatoms. The molecule has 0 aliphatic heterocycles. The second kappa shape index (κ2) is 7.25. The van der Waals surface area contributed by atoms with E-state index in [-0.39, 0.29) is 6.04 Å². The molecular formula is C11H19ClN2OS. The van der Waals surface area contributed by atoms with Crippen molar-refractivity contribution in [3.05, 3.63) is 21.3 Å². The molecule has 0 aliphatic carbocycles. The zero-order valence-corrected chi connectivity index (χ0v) is 11.4. The van der Waals surface area contributed by atoms with Gasteiger partial charge in [0.15, 0.2) is 0 Å². The fourth-order valence-electron chi connectivity index (χ4n) is 1.63. The van der Waals surface area contributed by atoms with Gasteiger partial charge in [0.05, 0.1) is 11.1 Å². The third kappa shape index (κ3) is 4.03. The van der Waals surface area contributed by atoms with Crippen LogP contribution in [0, 0.1) is 0 Å². The summed E-state index contributed by atoms with van der Waals surface area (Å²) in [5.74, 6) is 0. The number of nitrogens with two attached hydrogens (primary N) is 1. The van der Waals surface area contributed by atoms with Crippen LogP contribution < -0.4 is 5.73 Å². The average molecular weight is 263 g/mol. The first-order valence-electron chi connectivity index (χ1n) is 5.32. The summed E-state index contributed by atoms with van der Waals surface area (Å²) < 4.78 is 5.04. The summed E-state index contributed by atoms with van der Waals surface area (Å²) in [6, 6.07) is 2.26. The first-order chi connectivity index (χ1) is 7.69. The highest BCUT2D eigenvalue weighted by molar-refractivity contribution is 7.10. The first-order valence-corrected chi connectivity index (χ1v) is 6.58. The molecule has 0 aromatic carbocycles. The molecule has 1 heterocycles. The highest BCUT2D eigenvalue weighted by Gasteiger charge is 2.16.